The molecule has 2 aromatic rings. The van der Waals surface area contributed by atoms with E-state index in [1.165, 1.54) is 11.8 Å². The summed E-state index contributed by atoms with van der Waals surface area (Å²) in [6.45, 7) is 8.60. The third kappa shape index (κ3) is 5.30. The Morgan fingerprint density at radius 3 is 2.57 bits per heavy atom. The number of thioether (sulfide) groups is 1. The van der Waals surface area contributed by atoms with Crippen LogP contribution in [0.2, 0.25) is 0 Å². The monoisotopic (exact) mass is 397 g/mol. The van der Waals surface area contributed by atoms with E-state index in [4.69, 9.17) is 0 Å². The van der Waals surface area contributed by atoms with Crippen molar-refractivity contribution in [1.29, 1.82) is 5.26 Å². The smallest absolute Gasteiger partial charge is 0.253 e. The summed E-state index contributed by atoms with van der Waals surface area (Å²) in [6.07, 6.45) is 0. The van der Waals surface area contributed by atoms with Gasteiger partial charge in [-0.15, -0.1) is 0 Å². The van der Waals surface area contributed by atoms with Gasteiger partial charge in [0.1, 0.15) is 22.5 Å². The number of hydrogen-bond acceptors (Lipinski definition) is 6. The molecule has 0 radical (unpaired) electrons. The first-order valence-corrected chi connectivity index (χ1v) is 9.95. The van der Waals surface area contributed by atoms with E-state index < -0.39 is 0 Å². The number of hydrogen-bond donors (Lipinski definition) is 1. The van der Waals surface area contributed by atoms with Gasteiger partial charge in [-0.1, -0.05) is 17.8 Å². The third-order valence-corrected chi connectivity index (χ3v) is 5.04. The van der Waals surface area contributed by atoms with Crippen LogP contribution in [0.1, 0.15) is 41.3 Å². The number of benzene rings is 1. The summed E-state index contributed by atoms with van der Waals surface area (Å²) < 4.78 is 0. The highest BCUT2D eigenvalue weighted by Crippen LogP contribution is 2.22. The minimum Gasteiger partial charge on any atom is -0.339 e. The molecule has 0 bridgehead atoms. The van der Waals surface area contributed by atoms with Crippen molar-refractivity contribution >= 4 is 29.3 Å². The maximum atomic E-state index is 12.5. The van der Waals surface area contributed by atoms with E-state index in [1.807, 2.05) is 13.8 Å². The maximum Gasteiger partial charge on any atom is 0.253 e. The zero-order chi connectivity index (χ0) is 20.7. The van der Waals surface area contributed by atoms with Crippen LogP contribution in [0.25, 0.3) is 0 Å². The lowest BCUT2D eigenvalue weighted by molar-refractivity contribution is -0.113. The van der Waals surface area contributed by atoms with E-state index in [0.717, 1.165) is 0 Å². The lowest BCUT2D eigenvalue weighted by Crippen LogP contribution is -2.30. The molecule has 1 aromatic carbocycles. The summed E-state index contributed by atoms with van der Waals surface area (Å²) in [7, 11) is 0. The van der Waals surface area contributed by atoms with Gasteiger partial charge in [0.15, 0.2) is 0 Å². The maximum absolute atomic E-state index is 12.5. The van der Waals surface area contributed by atoms with Gasteiger partial charge < -0.3 is 10.2 Å². The second-order valence-corrected chi connectivity index (χ2v) is 7.01. The van der Waals surface area contributed by atoms with Crippen molar-refractivity contribution in [1.82, 2.24) is 14.9 Å². The van der Waals surface area contributed by atoms with Crippen LogP contribution in [-0.4, -0.2) is 45.5 Å². The number of carbonyl (C=O) groups is 2. The standard InChI is InChI=1S/C20H23N5O2S/c1-5-25(6-2)20(27)15-8-7-9-16(10-15)24-18(26)12-28-19-17(11-21)13(3)22-14(4)23-19/h7-10H,5-6,12H2,1-4H3,(H,24,26). The van der Waals surface area contributed by atoms with Crippen molar-refractivity contribution < 1.29 is 9.59 Å². The highest BCUT2D eigenvalue weighted by atomic mass is 32.2. The van der Waals surface area contributed by atoms with Crippen molar-refractivity contribution in [2.45, 2.75) is 32.7 Å². The quantitative estimate of drug-likeness (QED) is 0.569. The molecule has 146 valence electrons. The molecule has 0 aliphatic rings. The minimum atomic E-state index is -0.241. The van der Waals surface area contributed by atoms with Crippen LogP contribution in [0.3, 0.4) is 0 Å². The fourth-order valence-electron chi connectivity index (χ4n) is 2.67. The van der Waals surface area contributed by atoms with Crippen LogP contribution in [0.15, 0.2) is 29.3 Å². The van der Waals surface area contributed by atoms with Gasteiger partial charge in [0.05, 0.1) is 11.4 Å². The Hall–Kier alpha value is -2.92. The number of nitrogens with zero attached hydrogens (tertiary/aromatic N) is 4. The number of nitrogens with one attached hydrogen (secondary N) is 1. The topological polar surface area (TPSA) is 99.0 Å². The van der Waals surface area contributed by atoms with E-state index in [-0.39, 0.29) is 17.6 Å². The number of aromatic nitrogens is 2. The van der Waals surface area contributed by atoms with Gasteiger partial charge in [-0.05, 0) is 45.9 Å². The molecule has 0 atom stereocenters. The van der Waals surface area contributed by atoms with Gasteiger partial charge in [-0.2, -0.15) is 5.26 Å². The highest BCUT2D eigenvalue weighted by Gasteiger charge is 2.15. The van der Waals surface area contributed by atoms with Crippen LogP contribution in [0.4, 0.5) is 5.69 Å². The van der Waals surface area contributed by atoms with E-state index in [0.29, 0.717) is 46.4 Å². The van der Waals surface area contributed by atoms with Gasteiger partial charge in [-0.3, -0.25) is 9.59 Å². The van der Waals surface area contributed by atoms with Gasteiger partial charge in [0.25, 0.3) is 5.91 Å². The molecule has 0 saturated carbocycles. The summed E-state index contributed by atoms with van der Waals surface area (Å²) in [5, 5.41) is 12.6. The van der Waals surface area contributed by atoms with Crippen molar-refractivity contribution in [3.63, 3.8) is 0 Å². The molecular weight excluding hydrogens is 374 g/mol. The van der Waals surface area contributed by atoms with Crippen LogP contribution < -0.4 is 5.32 Å². The summed E-state index contributed by atoms with van der Waals surface area (Å²) in [5.41, 5.74) is 2.07. The Labute approximate surface area is 169 Å². The van der Waals surface area contributed by atoms with Crippen molar-refractivity contribution in [3.8, 4) is 6.07 Å². The molecule has 0 saturated heterocycles. The number of nitriles is 1. The molecule has 28 heavy (non-hydrogen) atoms. The van der Waals surface area contributed by atoms with Crippen LogP contribution in [0.5, 0.6) is 0 Å². The van der Waals surface area contributed by atoms with E-state index >= 15 is 0 Å². The fraction of sp³-hybridized carbons (Fsp3) is 0.350. The van der Waals surface area contributed by atoms with Crippen molar-refractivity contribution in [2.75, 3.05) is 24.2 Å². The molecule has 8 heteroatoms. The summed E-state index contributed by atoms with van der Waals surface area (Å²) in [5.74, 6) is 0.344. The Kier molecular flexibility index (Phi) is 7.52. The largest absolute Gasteiger partial charge is 0.339 e. The first-order valence-electron chi connectivity index (χ1n) is 8.96. The molecular formula is C20H23N5O2S. The fourth-order valence-corrected chi connectivity index (χ4v) is 3.54. The molecule has 1 heterocycles. The zero-order valence-corrected chi connectivity index (χ0v) is 17.3. The number of carbonyl (C=O) groups excluding carboxylic acids is 2. The average Bonchev–Trinajstić information content (AvgIpc) is 2.67. The predicted octanol–water partition coefficient (Wildman–Crippen LogP) is 3.18. The normalized spacial score (nSPS) is 10.2. The van der Waals surface area contributed by atoms with Crippen molar-refractivity contribution in [2.24, 2.45) is 0 Å². The summed E-state index contributed by atoms with van der Waals surface area (Å²) >= 11 is 1.19. The molecule has 0 spiro atoms. The Bertz CT molecular complexity index is 919. The molecule has 1 N–H and O–H groups in total. The minimum absolute atomic E-state index is 0.0685. The van der Waals surface area contributed by atoms with Crippen LogP contribution in [0, 0.1) is 25.2 Å². The van der Waals surface area contributed by atoms with E-state index in [9.17, 15) is 14.9 Å². The molecule has 2 amide bonds. The highest BCUT2D eigenvalue weighted by molar-refractivity contribution is 8.00. The lowest BCUT2D eigenvalue weighted by atomic mass is 10.1. The first kappa shape index (κ1) is 21.4. The van der Waals surface area contributed by atoms with E-state index in [2.05, 4.69) is 21.4 Å². The lowest BCUT2D eigenvalue weighted by Gasteiger charge is -2.19. The molecule has 0 unspecified atom stereocenters. The Morgan fingerprint density at radius 2 is 1.93 bits per heavy atom. The van der Waals surface area contributed by atoms with Gasteiger partial charge >= 0.3 is 0 Å². The van der Waals surface area contributed by atoms with Crippen LogP contribution in [-0.2, 0) is 4.79 Å². The molecule has 0 aliphatic carbocycles. The number of amides is 2. The third-order valence-electron chi connectivity index (χ3n) is 4.06. The predicted molar refractivity (Wildman–Crippen MR) is 109 cm³/mol. The van der Waals surface area contributed by atoms with Crippen LogP contribution >= 0.6 is 11.8 Å². The summed E-state index contributed by atoms with van der Waals surface area (Å²) in [6, 6.07) is 8.97. The first-order chi connectivity index (χ1) is 13.4. The SMILES string of the molecule is CCN(CC)C(=O)c1cccc(NC(=O)CSc2nc(C)nc(C)c2C#N)c1. The second kappa shape index (κ2) is 9.85. The Morgan fingerprint density at radius 1 is 1.21 bits per heavy atom. The average molecular weight is 398 g/mol. The molecule has 7 nitrogen and oxygen atoms in total. The molecule has 0 aliphatic heterocycles. The molecule has 1 aromatic heterocycles. The molecule has 0 fully saturated rings. The summed E-state index contributed by atoms with van der Waals surface area (Å²) in [4.78, 5) is 34.9. The van der Waals surface area contributed by atoms with Crippen molar-refractivity contribution in [3.05, 3.63) is 46.9 Å². The number of aryl methyl sites for hydroxylation is 2. The van der Waals surface area contributed by atoms with Gasteiger partial charge in [0.2, 0.25) is 5.91 Å². The zero-order valence-electron chi connectivity index (χ0n) is 16.4. The second-order valence-electron chi connectivity index (χ2n) is 6.04. The number of anilines is 1. The van der Waals surface area contributed by atoms with Gasteiger partial charge in [-0.25, -0.2) is 9.97 Å². The number of rotatable bonds is 7. The molecule has 2 rings (SSSR count). The Balaban J connectivity index is 2.06. The van der Waals surface area contributed by atoms with Gasteiger partial charge in [0, 0.05) is 24.3 Å². The van der Waals surface area contributed by atoms with E-state index in [1.54, 1.807) is 43.0 Å².